The smallest absolute Gasteiger partial charge is 0.236 e. The lowest BCUT2D eigenvalue weighted by molar-refractivity contribution is -0.113. The monoisotopic (exact) mass is 272 g/mol. The Morgan fingerprint density at radius 1 is 1.65 bits per heavy atom. The fourth-order valence-electron chi connectivity index (χ4n) is 1.66. The summed E-state index contributed by atoms with van der Waals surface area (Å²) in [5.41, 5.74) is 0. The predicted molar refractivity (Wildman–Crippen MR) is 71.6 cm³/mol. The third kappa shape index (κ3) is 4.25. The number of aromatic nitrogens is 2. The summed E-state index contributed by atoms with van der Waals surface area (Å²) in [6.07, 6.45) is 2.40. The molecule has 1 aromatic rings. The van der Waals surface area contributed by atoms with E-state index in [0.29, 0.717) is 16.1 Å². The standard InChI is InChI=1S/C10H16N4OS2/c1-7-13-14-10(17-7)12-9(15)6-16-8-3-2-4-11-5-8/h8,11H,2-6H2,1H3,(H,12,14,15). The molecule has 1 aliphatic heterocycles. The Labute approximate surface area is 109 Å². The van der Waals surface area contributed by atoms with Crippen LogP contribution >= 0.6 is 23.1 Å². The summed E-state index contributed by atoms with van der Waals surface area (Å²) in [5.74, 6) is 0.502. The van der Waals surface area contributed by atoms with Crippen molar-refractivity contribution in [3.8, 4) is 0 Å². The third-order valence-corrected chi connectivity index (χ3v) is 4.53. The van der Waals surface area contributed by atoms with Crippen LogP contribution in [-0.2, 0) is 4.79 Å². The number of piperidine rings is 1. The molecule has 0 spiro atoms. The topological polar surface area (TPSA) is 66.9 Å². The first kappa shape index (κ1) is 12.8. The van der Waals surface area contributed by atoms with Crippen molar-refractivity contribution < 1.29 is 4.79 Å². The molecule has 2 heterocycles. The Balaban J connectivity index is 1.70. The van der Waals surface area contributed by atoms with Crippen LogP contribution < -0.4 is 10.6 Å². The molecule has 5 nitrogen and oxygen atoms in total. The molecule has 1 fully saturated rings. The summed E-state index contributed by atoms with van der Waals surface area (Å²) < 4.78 is 0. The van der Waals surface area contributed by atoms with Crippen LogP contribution in [-0.4, -0.2) is 40.2 Å². The van der Waals surface area contributed by atoms with Gasteiger partial charge in [-0.2, -0.15) is 0 Å². The van der Waals surface area contributed by atoms with Crippen LogP contribution in [0.3, 0.4) is 0 Å². The summed E-state index contributed by atoms with van der Waals surface area (Å²) >= 11 is 3.12. The molecule has 1 aliphatic rings. The Kier molecular flexibility index (Phi) is 4.75. The molecule has 2 N–H and O–H groups in total. The molecule has 1 atom stereocenters. The van der Waals surface area contributed by atoms with E-state index in [-0.39, 0.29) is 5.91 Å². The van der Waals surface area contributed by atoms with Gasteiger partial charge in [-0.3, -0.25) is 10.1 Å². The number of nitrogens with zero attached hydrogens (tertiary/aromatic N) is 2. The fraction of sp³-hybridized carbons (Fsp3) is 0.700. The molecule has 1 aromatic heterocycles. The molecular weight excluding hydrogens is 256 g/mol. The van der Waals surface area contributed by atoms with Gasteiger partial charge in [0.05, 0.1) is 5.75 Å². The van der Waals surface area contributed by atoms with Gasteiger partial charge in [-0.25, -0.2) is 0 Å². The highest BCUT2D eigenvalue weighted by Crippen LogP contribution is 2.19. The second-order valence-electron chi connectivity index (χ2n) is 3.95. The van der Waals surface area contributed by atoms with Crippen molar-refractivity contribution in [1.29, 1.82) is 0 Å². The summed E-state index contributed by atoms with van der Waals surface area (Å²) in [6, 6.07) is 0. The second kappa shape index (κ2) is 6.32. The number of thioether (sulfide) groups is 1. The van der Waals surface area contributed by atoms with Gasteiger partial charge in [0.25, 0.3) is 0 Å². The van der Waals surface area contributed by atoms with Gasteiger partial charge in [-0.05, 0) is 26.3 Å². The molecule has 0 radical (unpaired) electrons. The van der Waals surface area contributed by atoms with E-state index in [1.165, 1.54) is 24.2 Å². The van der Waals surface area contributed by atoms with Crippen LogP contribution in [0, 0.1) is 6.92 Å². The highest BCUT2D eigenvalue weighted by Gasteiger charge is 2.15. The number of nitrogens with one attached hydrogen (secondary N) is 2. The molecule has 0 bridgehead atoms. The molecule has 0 aromatic carbocycles. The first-order chi connectivity index (χ1) is 8.24. The van der Waals surface area contributed by atoms with E-state index in [4.69, 9.17) is 0 Å². The quantitative estimate of drug-likeness (QED) is 0.864. The van der Waals surface area contributed by atoms with Gasteiger partial charge >= 0.3 is 0 Å². The number of aryl methyl sites for hydroxylation is 1. The SMILES string of the molecule is Cc1nnc(NC(=O)CSC2CCCNC2)s1. The molecular formula is C10H16N4OS2. The van der Waals surface area contributed by atoms with Crippen LogP contribution in [0.15, 0.2) is 0 Å². The molecule has 0 aliphatic carbocycles. The zero-order valence-corrected chi connectivity index (χ0v) is 11.4. The Bertz CT molecular complexity index is 376. The van der Waals surface area contributed by atoms with Crippen molar-refractivity contribution in [2.24, 2.45) is 0 Å². The van der Waals surface area contributed by atoms with Crippen LogP contribution in [0.5, 0.6) is 0 Å². The third-order valence-electron chi connectivity index (χ3n) is 2.47. The Morgan fingerprint density at radius 3 is 3.18 bits per heavy atom. The van der Waals surface area contributed by atoms with Crippen molar-refractivity contribution in [3.63, 3.8) is 0 Å². The van der Waals surface area contributed by atoms with Gasteiger partial charge in [-0.15, -0.1) is 22.0 Å². The van der Waals surface area contributed by atoms with E-state index in [0.717, 1.165) is 18.1 Å². The highest BCUT2D eigenvalue weighted by atomic mass is 32.2. The number of rotatable bonds is 4. The molecule has 17 heavy (non-hydrogen) atoms. The molecule has 1 saturated heterocycles. The lowest BCUT2D eigenvalue weighted by Gasteiger charge is -2.21. The number of amides is 1. The number of hydrogen-bond acceptors (Lipinski definition) is 6. The predicted octanol–water partition coefficient (Wildman–Crippen LogP) is 1.27. The lowest BCUT2D eigenvalue weighted by atomic mass is 10.2. The Hall–Kier alpha value is -0.660. The summed E-state index contributed by atoms with van der Waals surface area (Å²) in [6.45, 7) is 3.99. The van der Waals surface area contributed by atoms with E-state index >= 15 is 0 Å². The average Bonchev–Trinajstić information content (AvgIpc) is 2.73. The number of anilines is 1. The fourth-order valence-corrected chi connectivity index (χ4v) is 3.29. The minimum Gasteiger partial charge on any atom is -0.316 e. The summed E-state index contributed by atoms with van der Waals surface area (Å²) in [7, 11) is 0. The van der Waals surface area contributed by atoms with E-state index in [1.807, 2.05) is 6.92 Å². The first-order valence-corrected chi connectivity index (χ1v) is 7.53. The maximum absolute atomic E-state index is 11.7. The van der Waals surface area contributed by atoms with E-state index in [1.54, 1.807) is 11.8 Å². The summed E-state index contributed by atoms with van der Waals surface area (Å²) in [4.78, 5) is 11.7. The Morgan fingerprint density at radius 2 is 2.53 bits per heavy atom. The first-order valence-electron chi connectivity index (χ1n) is 5.66. The molecule has 1 unspecified atom stereocenters. The van der Waals surface area contributed by atoms with Gasteiger partial charge in [0.1, 0.15) is 5.01 Å². The maximum Gasteiger partial charge on any atom is 0.236 e. The van der Waals surface area contributed by atoms with Crippen molar-refractivity contribution >= 4 is 34.1 Å². The van der Waals surface area contributed by atoms with E-state index in [2.05, 4.69) is 20.8 Å². The van der Waals surface area contributed by atoms with Crippen LogP contribution in [0.25, 0.3) is 0 Å². The van der Waals surface area contributed by atoms with Crippen LogP contribution in [0.1, 0.15) is 17.8 Å². The minimum atomic E-state index is 0.0109. The second-order valence-corrected chi connectivity index (χ2v) is 6.42. The zero-order chi connectivity index (χ0) is 12.1. The van der Waals surface area contributed by atoms with Crippen molar-refractivity contribution in [1.82, 2.24) is 15.5 Å². The van der Waals surface area contributed by atoms with E-state index in [9.17, 15) is 4.79 Å². The van der Waals surface area contributed by atoms with E-state index < -0.39 is 0 Å². The van der Waals surface area contributed by atoms with Crippen molar-refractivity contribution in [2.45, 2.75) is 25.0 Å². The van der Waals surface area contributed by atoms with Gasteiger partial charge in [0.15, 0.2) is 0 Å². The van der Waals surface area contributed by atoms with Gasteiger partial charge < -0.3 is 5.32 Å². The molecule has 7 heteroatoms. The van der Waals surface area contributed by atoms with Crippen LogP contribution in [0.2, 0.25) is 0 Å². The van der Waals surface area contributed by atoms with Gasteiger partial charge in [0, 0.05) is 11.8 Å². The molecule has 1 amide bonds. The maximum atomic E-state index is 11.7. The largest absolute Gasteiger partial charge is 0.316 e. The number of carbonyl (C=O) groups is 1. The molecule has 94 valence electrons. The summed E-state index contributed by atoms with van der Waals surface area (Å²) in [5, 5.41) is 15.8. The zero-order valence-electron chi connectivity index (χ0n) is 9.73. The van der Waals surface area contributed by atoms with Crippen molar-refractivity contribution in [2.75, 3.05) is 24.2 Å². The highest BCUT2D eigenvalue weighted by molar-refractivity contribution is 8.00. The van der Waals surface area contributed by atoms with Crippen LogP contribution in [0.4, 0.5) is 5.13 Å². The normalized spacial score (nSPS) is 20.2. The lowest BCUT2D eigenvalue weighted by Crippen LogP contribution is -2.32. The number of carbonyl (C=O) groups excluding carboxylic acids is 1. The van der Waals surface area contributed by atoms with Gasteiger partial charge in [-0.1, -0.05) is 11.3 Å². The van der Waals surface area contributed by atoms with Gasteiger partial charge in [0.2, 0.25) is 11.0 Å². The van der Waals surface area contributed by atoms with Crippen molar-refractivity contribution in [3.05, 3.63) is 5.01 Å². The average molecular weight is 272 g/mol. The molecule has 2 rings (SSSR count). The minimum absolute atomic E-state index is 0.0109. The number of hydrogen-bond donors (Lipinski definition) is 2. The molecule has 0 saturated carbocycles.